The van der Waals surface area contributed by atoms with Gasteiger partial charge in [-0.2, -0.15) is 0 Å². The van der Waals surface area contributed by atoms with Crippen molar-refractivity contribution in [3.8, 4) is 0 Å². The van der Waals surface area contributed by atoms with Gasteiger partial charge < -0.3 is 10.2 Å². The Morgan fingerprint density at radius 1 is 1.25 bits per heavy atom. The zero-order chi connectivity index (χ0) is 9.23. The normalized spacial score (nSPS) is 14.6. The van der Waals surface area contributed by atoms with Crippen LogP contribution in [0.5, 0.6) is 0 Å². The smallest absolute Gasteiger partial charge is 0.0903 e. The molecule has 70 valence electrons. The molecule has 2 N–H and O–H groups in total. The molecule has 12 heavy (non-hydrogen) atoms. The second-order valence-corrected chi connectivity index (χ2v) is 2.67. The monoisotopic (exact) mass is 170 g/mol. The van der Waals surface area contributed by atoms with Gasteiger partial charge in [0.05, 0.1) is 12.7 Å². The molecule has 0 heterocycles. The van der Waals surface area contributed by atoms with Gasteiger partial charge in [0.25, 0.3) is 0 Å². The Morgan fingerprint density at radius 3 is 2.50 bits per heavy atom. The van der Waals surface area contributed by atoms with Gasteiger partial charge in [-0.1, -0.05) is 44.1 Å². The summed E-state index contributed by atoms with van der Waals surface area (Å²) in [5.74, 6) is 0. The van der Waals surface area contributed by atoms with Crippen molar-refractivity contribution in [3.63, 3.8) is 0 Å². The van der Waals surface area contributed by atoms with Crippen LogP contribution in [0.25, 0.3) is 0 Å². The van der Waals surface area contributed by atoms with E-state index >= 15 is 0 Å². The van der Waals surface area contributed by atoms with Gasteiger partial charge in [-0.05, 0) is 6.42 Å². The lowest BCUT2D eigenvalue weighted by atomic mass is 10.2. The van der Waals surface area contributed by atoms with E-state index in [1.165, 1.54) is 12.5 Å². The molecule has 0 aliphatic rings. The highest BCUT2D eigenvalue weighted by Gasteiger charge is 1.88. The topological polar surface area (TPSA) is 40.5 Å². The molecule has 0 aliphatic heterocycles. The third-order valence-corrected chi connectivity index (χ3v) is 1.50. The first-order valence-electron chi connectivity index (χ1n) is 4.43. The summed E-state index contributed by atoms with van der Waals surface area (Å²) in [5, 5.41) is 17.6. The summed E-state index contributed by atoms with van der Waals surface area (Å²) in [4.78, 5) is 0. The Labute approximate surface area is 74.2 Å². The zero-order valence-electron chi connectivity index (χ0n) is 7.61. The quantitative estimate of drug-likeness (QED) is 0.470. The van der Waals surface area contributed by atoms with Crippen LogP contribution in [0.3, 0.4) is 0 Å². The van der Waals surface area contributed by atoms with Gasteiger partial charge in [0, 0.05) is 0 Å². The van der Waals surface area contributed by atoms with Gasteiger partial charge in [-0.25, -0.2) is 0 Å². The minimum absolute atomic E-state index is 0.0140. The minimum atomic E-state index is -0.547. The molecule has 0 aromatic carbocycles. The number of hydrogen-bond donors (Lipinski definition) is 2. The van der Waals surface area contributed by atoms with Crippen LogP contribution in [0.1, 0.15) is 26.2 Å². The fraction of sp³-hybridized carbons (Fsp3) is 0.600. The molecule has 0 saturated carbocycles. The van der Waals surface area contributed by atoms with E-state index in [1.54, 1.807) is 12.2 Å². The SMILES string of the molecule is CCCCC=CC(O)C=CCO. The zero-order valence-corrected chi connectivity index (χ0v) is 7.61. The Bertz CT molecular complexity index is 139. The van der Waals surface area contributed by atoms with Crippen LogP contribution in [0, 0.1) is 0 Å². The maximum atomic E-state index is 9.19. The van der Waals surface area contributed by atoms with E-state index in [-0.39, 0.29) is 6.61 Å². The molecule has 0 saturated heterocycles. The van der Waals surface area contributed by atoms with Gasteiger partial charge in [-0.15, -0.1) is 0 Å². The molecular weight excluding hydrogens is 152 g/mol. The summed E-state index contributed by atoms with van der Waals surface area (Å²) in [6, 6.07) is 0. The van der Waals surface area contributed by atoms with Crippen LogP contribution in [-0.4, -0.2) is 22.9 Å². The Kier molecular flexibility index (Phi) is 8.07. The summed E-state index contributed by atoms with van der Waals surface area (Å²) >= 11 is 0. The highest BCUT2D eigenvalue weighted by Crippen LogP contribution is 1.97. The molecule has 0 fully saturated rings. The second-order valence-electron chi connectivity index (χ2n) is 2.67. The largest absolute Gasteiger partial charge is 0.392 e. The van der Waals surface area contributed by atoms with Crippen LogP contribution in [-0.2, 0) is 0 Å². The fourth-order valence-corrected chi connectivity index (χ4v) is 0.822. The number of unbranched alkanes of at least 4 members (excludes halogenated alkanes) is 2. The van der Waals surface area contributed by atoms with E-state index in [0.717, 1.165) is 12.8 Å². The number of allylic oxidation sites excluding steroid dienone is 1. The van der Waals surface area contributed by atoms with Crippen LogP contribution in [0.2, 0.25) is 0 Å². The van der Waals surface area contributed by atoms with Crippen molar-refractivity contribution in [1.29, 1.82) is 0 Å². The summed E-state index contributed by atoms with van der Waals surface area (Å²) in [6.07, 6.45) is 9.61. The molecule has 0 spiro atoms. The maximum Gasteiger partial charge on any atom is 0.0903 e. The fourth-order valence-electron chi connectivity index (χ4n) is 0.822. The molecular formula is C10H18O2. The first kappa shape index (κ1) is 11.4. The van der Waals surface area contributed by atoms with Gasteiger partial charge in [0.1, 0.15) is 0 Å². The molecule has 0 rings (SSSR count). The standard InChI is InChI=1S/C10H18O2/c1-2-3-4-5-7-10(12)8-6-9-11/h5-8,10-12H,2-4,9H2,1H3. The molecule has 0 aliphatic carbocycles. The van der Waals surface area contributed by atoms with Crippen molar-refractivity contribution >= 4 is 0 Å². The van der Waals surface area contributed by atoms with Crippen molar-refractivity contribution < 1.29 is 10.2 Å². The first-order chi connectivity index (χ1) is 5.81. The summed E-state index contributed by atoms with van der Waals surface area (Å²) in [6.45, 7) is 2.12. The van der Waals surface area contributed by atoms with Gasteiger partial charge >= 0.3 is 0 Å². The first-order valence-corrected chi connectivity index (χ1v) is 4.43. The number of rotatable bonds is 6. The van der Waals surface area contributed by atoms with Crippen molar-refractivity contribution in [1.82, 2.24) is 0 Å². The van der Waals surface area contributed by atoms with Crippen molar-refractivity contribution in [3.05, 3.63) is 24.3 Å². The number of aliphatic hydroxyl groups excluding tert-OH is 2. The highest BCUT2D eigenvalue weighted by atomic mass is 16.3. The molecule has 1 unspecified atom stereocenters. The molecule has 0 radical (unpaired) electrons. The lowest BCUT2D eigenvalue weighted by molar-refractivity contribution is 0.268. The average molecular weight is 170 g/mol. The second kappa shape index (κ2) is 8.50. The Hall–Kier alpha value is -0.600. The lowest BCUT2D eigenvalue weighted by Gasteiger charge is -1.96. The predicted octanol–water partition coefficient (Wildman–Crippen LogP) is 1.64. The minimum Gasteiger partial charge on any atom is -0.392 e. The molecule has 2 nitrogen and oxygen atoms in total. The predicted molar refractivity (Wildman–Crippen MR) is 50.9 cm³/mol. The Morgan fingerprint density at radius 2 is 1.92 bits per heavy atom. The van der Waals surface area contributed by atoms with E-state index in [0.29, 0.717) is 0 Å². The molecule has 0 amide bonds. The van der Waals surface area contributed by atoms with Crippen LogP contribution < -0.4 is 0 Å². The third kappa shape index (κ3) is 7.51. The van der Waals surface area contributed by atoms with Crippen LogP contribution >= 0.6 is 0 Å². The summed E-state index contributed by atoms with van der Waals surface area (Å²) < 4.78 is 0. The van der Waals surface area contributed by atoms with Gasteiger partial charge in [0.15, 0.2) is 0 Å². The third-order valence-electron chi connectivity index (χ3n) is 1.50. The van der Waals surface area contributed by atoms with E-state index in [2.05, 4.69) is 6.92 Å². The maximum absolute atomic E-state index is 9.19. The number of aliphatic hydroxyl groups is 2. The van der Waals surface area contributed by atoms with Crippen molar-refractivity contribution in [2.45, 2.75) is 32.3 Å². The van der Waals surface area contributed by atoms with Crippen LogP contribution in [0.15, 0.2) is 24.3 Å². The van der Waals surface area contributed by atoms with Gasteiger partial charge in [-0.3, -0.25) is 0 Å². The lowest BCUT2D eigenvalue weighted by Crippen LogP contribution is -1.96. The van der Waals surface area contributed by atoms with E-state index < -0.39 is 6.10 Å². The summed E-state index contributed by atoms with van der Waals surface area (Å²) in [5.41, 5.74) is 0. The van der Waals surface area contributed by atoms with Crippen molar-refractivity contribution in [2.24, 2.45) is 0 Å². The molecule has 2 heteroatoms. The van der Waals surface area contributed by atoms with Gasteiger partial charge in [0.2, 0.25) is 0 Å². The van der Waals surface area contributed by atoms with E-state index in [1.807, 2.05) is 6.08 Å². The van der Waals surface area contributed by atoms with E-state index in [4.69, 9.17) is 5.11 Å². The number of hydrogen-bond acceptors (Lipinski definition) is 2. The highest BCUT2D eigenvalue weighted by molar-refractivity contribution is 5.01. The Balaban J connectivity index is 3.46. The molecule has 0 bridgehead atoms. The van der Waals surface area contributed by atoms with E-state index in [9.17, 15) is 5.11 Å². The van der Waals surface area contributed by atoms with Crippen molar-refractivity contribution in [2.75, 3.05) is 6.61 Å². The molecule has 0 aromatic rings. The molecule has 1 atom stereocenters. The van der Waals surface area contributed by atoms with Crippen LogP contribution in [0.4, 0.5) is 0 Å². The summed E-state index contributed by atoms with van der Waals surface area (Å²) in [7, 11) is 0. The average Bonchev–Trinajstić information content (AvgIpc) is 2.09. The molecule has 0 aromatic heterocycles.